The predicted molar refractivity (Wildman–Crippen MR) is 51.2 cm³/mol. The fourth-order valence-electron chi connectivity index (χ4n) is 1.24. The predicted octanol–water partition coefficient (Wildman–Crippen LogP) is -1.20. The number of carbonyl (C=O) groups excluding carboxylic acids is 1. The number of allylic oxidation sites excluding steroid dienone is 1. The first-order valence-corrected chi connectivity index (χ1v) is 4.09. The van der Waals surface area contributed by atoms with E-state index >= 15 is 0 Å². The van der Waals surface area contributed by atoms with Gasteiger partial charge in [-0.05, 0) is 0 Å². The molecule has 0 saturated carbocycles. The van der Waals surface area contributed by atoms with Gasteiger partial charge in [0.15, 0.2) is 5.65 Å². The smallest absolute Gasteiger partial charge is 0.330 e. The summed E-state index contributed by atoms with van der Waals surface area (Å²) in [5, 5.41) is 0. The summed E-state index contributed by atoms with van der Waals surface area (Å²) >= 11 is 0. The van der Waals surface area contributed by atoms with Crippen molar-refractivity contribution in [3.8, 4) is 0 Å². The third-order valence-corrected chi connectivity index (χ3v) is 1.93. The van der Waals surface area contributed by atoms with E-state index in [0.717, 1.165) is 10.6 Å². The van der Waals surface area contributed by atoms with E-state index in [1.54, 1.807) is 0 Å². The molecule has 0 amide bonds. The van der Waals surface area contributed by atoms with Crippen molar-refractivity contribution in [3.05, 3.63) is 33.2 Å². The van der Waals surface area contributed by atoms with Crippen LogP contribution in [0.5, 0.6) is 0 Å². The van der Waals surface area contributed by atoms with Crippen LogP contribution in [0, 0.1) is 0 Å². The van der Waals surface area contributed by atoms with E-state index in [2.05, 4.69) is 15.0 Å². The maximum Gasteiger partial charge on any atom is 0.330 e. The van der Waals surface area contributed by atoms with E-state index in [9.17, 15) is 14.4 Å². The van der Waals surface area contributed by atoms with Crippen LogP contribution in [0.15, 0.2) is 22.0 Å². The molecule has 7 nitrogen and oxygen atoms in total. The lowest BCUT2D eigenvalue weighted by Crippen LogP contribution is -2.34. The van der Waals surface area contributed by atoms with E-state index in [1.807, 2.05) is 0 Å². The van der Waals surface area contributed by atoms with Crippen LogP contribution >= 0.6 is 0 Å². The topological polar surface area (TPSA) is 101 Å². The summed E-state index contributed by atoms with van der Waals surface area (Å²) in [7, 11) is 0. The largest absolute Gasteiger partial charge is 0.339 e. The van der Waals surface area contributed by atoms with Gasteiger partial charge in [0.05, 0.1) is 12.9 Å². The lowest BCUT2D eigenvalue weighted by molar-refractivity contribution is 0.567. The zero-order valence-corrected chi connectivity index (χ0v) is 7.48. The van der Waals surface area contributed by atoms with Crippen LogP contribution in [0.4, 0.5) is 0 Å². The minimum absolute atomic E-state index is 0.105. The second kappa shape index (κ2) is 3.39. The highest BCUT2D eigenvalue weighted by Crippen LogP contribution is 1.94. The first-order valence-electron chi connectivity index (χ1n) is 4.09. The fraction of sp³-hybridized carbons (Fsp3) is 0.125. The number of nitrogens with one attached hydrogen (secondary N) is 2. The number of H-pyrrole nitrogens is 2. The Morgan fingerprint density at radius 2 is 2.33 bits per heavy atom. The highest BCUT2D eigenvalue weighted by atomic mass is 16.2. The van der Waals surface area contributed by atoms with Crippen molar-refractivity contribution in [2.24, 2.45) is 0 Å². The van der Waals surface area contributed by atoms with E-state index < -0.39 is 11.2 Å². The molecule has 0 fully saturated rings. The molecule has 7 heteroatoms. The summed E-state index contributed by atoms with van der Waals surface area (Å²) in [6.45, 7) is -0.105. The van der Waals surface area contributed by atoms with E-state index in [4.69, 9.17) is 0 Å². The Hall–Kier alpha value is -2.40. The van der Waals surface area contributed by atoms with Gasteiger partial charge >= 0.3 is 5.69 Å². The molecule has 0 spiro atoms. The van der Waals surface area contributed by atoms with Crippen LogP contribution in [0.3, 0.4) is 0 Å². The Kier molecular flexibility index (Phi) is 2.07. The molecule has 2 heterocycles. The molecule has 0 bridgehead atoms. The standard InChI is InChI=1S/C8H6N4O3/c13-3-1-2-12-7(14)5-6(10-4-9-5)11-8(12)15/h1,4H,2H2,(H,9,10)(H,11,15). The molecule has 15 heavy (non-hydrogen) atoms. The van der Waals surface area contributed by atoms with Crippen molar-refractivity contribution >= 4 is 17.1 Å². The molecular weight excluding hydrogens is 200 g/mol. The van der Waals surface area contributed by atoms with Gasteiger partial charge in [-0.25, -0.2) is 14.6 Å². The van der Waals surface area contributed by atoms with Crippen molar-refractivity contribution in [2.75, 3.05) is 0 Å². The third-order valence-electron chi connectivity index (χ3n) is 1.93. The Labute approximate surface area is 82.1 Å². The van der Waals surface area contributed by atoms with Gasteiger partial charge in [0.2, 0.25) is 0 Å². The second-order valence-electron chi connectivity index (χ2n) is 2.79. The van der Waals surface area contributed by atoms with Crippen molar-refractivity contribution in [1.29, 1.82) is 0 Å². The van der Waals surface area contributed by atoms with Crippen LogP contribution in [-0.2, 0) is 11.3 Å². The Morgan fingerprint density at radius 1 is 1.53 bits per heavy atom. The van der Waals surface area contributed by atoms with Crippen LogP contribution in [0.2, 0.25) is 0 Å². The summed E-state index contributed by atoms with van der Waals surface area (Å²) in [6, 6.07) is 0. The molecule has 2 aromatic heterocycles. The summed E-state index contributed by atoms with van der Waals surface area (Å²) in [5.74, 6) is 1.50. The van der Waals surface area contributed by atoms with Gasteiger partial charge in [-0.3, -0.25) is 14.3 Å². The Bertz CT molecular complexity index is 656. The van der Waals surface area contributed by atoms with Crippen molar-refractivity contribution in [2.45, 2.75) is 6.54 Å². The molecule has 0 aliphatic carbocycles. The molecule has 0 atom stereocenters. The maximum atomic E-state index is 11.6. The summed E-state index contributed by atoms with van der Waals surface area (Å²) in [6.07, 6.45) is 2.36. The first-order chi connectivity index (χ1) is 7.24. The van der Waals surface area contributed by atoms with Gasteiger partial charge in [0.25, 0.3) is 5.56 Å². The molecule has 0 aliphatic rings. The number of fused-ring (bicyclic) bond motifs is 1. The molecular formula is C8H6N4O3. The molecule has 0 unspecified atom stereocenters. The first kappa shape index (κ1) is 9.17. The Morgan fingerprint density at radius 3 is 3.07 bits per heavy atom. The van der Waals surface area contributed by atoms with E-state index in [0.29, 0.717) is 0 Å². The molecule has 2 aromatic rings. The maximum absolute atomic E-state index is 11.6. The van der Waals surface area contributed by atoms with Crippen molar-refractivity contribution in [3.63, 3.8) is 0 Å². The average Bonchev–Trinajstić information content (AvgIpc) is 2.65. The minimum Gasteiger partial charge on any atom is -0.339 e. The lowest BCUT2D eigenvalue weighted by Gasteiger charge is -1.98. The zero-order valence-electron chi connectivity index (χ0n) is 7.48. The quantitative estimate of drug-likeness (QED) is 0.602. The summed E-state index contributed by atoms with van der Waals surface area (Å²) in [5.41, 5.74) is -0.714. The molecule has 2 rings (SSSR count). The molecule has 0 aliphatic heterocycles. The second-order valence-corrected chi connectivity index (χ2v) is 2.79. The lowest BCUT2D eigenvalue weighted by atomic mass is 10.5. The molecule has 0 aromatic carbocycles. The molecule has 2 N–H and O–H groups in total. The van der Waals surface area contributed by atoms with Gasteiger partial charge in [-0.15, -0.1) is 0 Å². The zero-order chi connectivity index (χ0) is 10.8. The number of rotatable bonds is 2. The highest BCUT2D eigenvalue weighted by Gasteiger charge is 2.07. The summed E-state index contributed by atoms with van der Waals surface area (Å²) < 4.78 is 0.880. The highest BCUT2D eigenvalue weighted by molar-refractivity contribution is 5.67. The van der Waals surface area contributed by atoms with Crippen LogP contribution in [-0.4, -0.2) is 25.5 Å². The number of nitrogens with zero attached hydrogens (tertiary/aromatic N) is 2. The van der Waals surface area contributed by atoms with Crippen LogP contribution in [0.1, 0.15) is 0 Å². The minimum atomic E-state index is -0.605. The van der Waals surface area contributed by atoms with Gasteiger partial charge in [0.1, 0.15) is 11.5 Å². The van der Waals surface area contributed by atoms with Crippen molar-refractivity contribution in [1.82, 2.24) is 19.5 Å². The van der Waals surface area contributed by atoms with Crippen LogP contribution < -0.4 is 11.2 Å². The summed E-state index contributed by atoms with van der Waals surface area (Å²) in [4.78, 5) is 41.7. The number of aromatic nitrogens is 4. The van der Waals surface area contributed by atoms with E-state index in [1.165, 1.54) is 12.3 Å². The Balaban J connectivity index is 2.78. The molecule has 0 radical (unpaired) electrons. The SMILES string of the molecule is O=C=CCn1c(=O)[nH]c2nc[nH]c2c1=O. The normalized spacial score (nSPS) is 10.1. The monoisotopic (exact) mass is 206 g/mol. The number of imidazole rings is 1. The number of hydrogen-bond acceptors (Lipinski definition) is 4. The molecule has 0 saturated heterocycles. The fourth-order valence-corrected chi connectivity index (χ4v) is 1.24. The molecule has 76 valence electrons. The van der Waals surface area contributed by atoms with Crippen LogP contribution in [0.25, 0.3) is 11.2 Å². The van der Waals surface area contributed by atoms with E-state index in [-0.39, 0.29) is 17.7 Å². The average molecular weight is 206 g/mol. The van der Waals surface area contributed by atoms with Gasteiger partial charge < -0.3 is 4.98 Å². The van der Waals surface area contributed by atoms with Gasteiger partial charge in [-0.2, -0.15) is 0 Å². The number of aromatic amines is 2. The van der Waals surface area contributed by atoms with Gasteiger partial charge in [-0.1, -0.05) is 0 Å². The van der Waals surface area contributed by atoms with Gasteiger partial charge in [0, 0.05) is 6.08 Å². The third kappa shape index (κ3) is 1.40. The van der Waals surface area contributed by atoms with Crippen molar-refractivity contribution < 1.29 is 4.79 Å². The number of hydrogen-bond donors (Lipinski definition) is 2.